The molecule has 1 amide bonds. The zero-order valence-corrected chi connectivity index (χ0v) is 13.0. The Labute approximate surface area is 124 Å². The van der Waals surface area contributed by atoms with Gasteiger partial charge in [-0.1, -0.05) is 29.8 Å². The first kappa shape index (κ1) is 15.4. The Hall–Kier alpha value is -1.04. The van der Waals surface area contributed by atoms with E-state index < -0.39 is 17.5 Å². The fraction of sp³-hybridized carbons (Fsp3) is 0.500. The molecule has 1 aliphatic heterocycles. The molecule has 0 saturated heterocycles. The first-order chi connectivity index (χ1) is 9.02. The van der Waals surface area contributed by atoms with Gasteiger partial charge >= 0.3 is 12.1 Å². The monoisotopic (exact) mass is 349 g/mol. The van der Waals surface area contributed by atoms with Crippen LogP contribution >= 0.6 is 15.9 Å². The molecule has 1 heterocycles. The number of hydrogen-bond donors (Lipinski definition) is 0. The Morgan fingerprint density at radius 2 is 1.95 bits per heavy atom. The first-order valence-electron chi connectivity index (χ1n) is 6.18. The Morgan fingerprint density at radius 3 is 2.50 bits per heavy atom. The van der Waals surface area contributed by atoms with Gasteiger partial charge in [-0.3, -0.25) is 4.79 Å². The van der Waals surface area contributed by atoms with Gasteiger partial charge in [0.05, 0.1) is 0 Å². The summed E-state index contributed by atoms with van der Waals surface area (Å²) in [6.07, 6.45) is -4.82. The van der Waals surface area contributed by atoms with Gasteiger partial charge in [0.2, 0.25) is 0 Å². The van der Waals surface area contributed by atoms with E-state index in [0.717, 1.165) is 26.1 Å². The molecule has 0 bridgehead atoms. The number of carbonyl (C=O) groups excluding carboxylic acids is 1. The van der Waals surface area contributed by atoms with E-state index in [0.29, 0.717) is 0 Å². The third-order valence-electron chi connectivity index (χ3n) is 3.54. The quantitative estimate of drug-likeness (QED) is 0.694. The number of amides is 1. The van der Waals surface area contributed by atoms with Crippen molar-refractivity contribution in [3.05, 3.63) is 33.3 Å². The number of hydrogen-bond acceptors (Lipinski definition) is 1. The molecule has 0 fully saturated rings. The van der Waals surface area contributed by atoms with Crippen LogP contribution in [0.3, 0.4) is 0 Å². The molecule has 1 aliphatic rings. The van der Waals surface area contributed by atoms with Crippen molar-refractivity contribution < 1.29 is 18.0 Å². The number of fused-ring (bicyclic) bond motifs is 1. The van der Waals surface area contributed by atoms with Crippen LogP contribution in [-0.2, 0) is 16.8 Å². The number of halogens is 4. The molecular formula is C14H15BrF3NO. The summed E-state index contributed by atoms with van der Waals surface area (Å²) < 4.78 is 38.7. The zero-order chi connectivity index (χ0) is 15.3. The topological polar surface area (TPSA) is 20.3 Å². The molecule has 110 valence electrons. The van der Waals surface area contributed by atoms with Crippen molar-refractivity contribution in [2.75, 3.05) is 6.54 Å². The molecule has 6 heteroatoms. The summed E-state index contributed by atoms with van der Waals surface area (Å²) in [4.78, 5) is 12.4. The van der Waals surface area contributed by atoms with Gasteiger partial charge in [-0.15, -0.1) is 0 Å². The highest BCUT2D eigenvalue weighted by Crippen LogP contribution is 2.38. The van der Waals surface area contributed by atoms with Crippen LogP contribution in [0.15, 0.2) is 16.6 Å². The van der Waals surface area contributed by atoms with Crippen LogP contribution in [-0.4, -0.2) is 23.5 Å². The first-order valence-corrected chi connectivity index (χ1v) is 6.97. The van der Waals surface area contributed by atoms with Gasteiger partial charge < -0.3 is 4.90 Å². The van der Waals surface area contributed by atoms with Crippen LogP contribution in [0.4, 0.5) is 13.2 Å². The number of nitrogens with zero attached hydrogens (tertiary/aromatic N) is 1. The van der Waals surface area contributed by atoms with Crippen molar-refractivity contribution in [1.29, 1.82) is 0 Å². The standard InChI is InChI=1S/C14H15BrF3NO/c1-8-4-10(15)5-9-6-19(12(20)14(16,17)18)7-13(2,3)11(8)9/h4-5H,6-7H2,1-3H3. The van der Waals surface area contributed by atoms with E-state index in [4.69, 9.17) is 0 Å². The maximum Gasteiger partial charge on any atom is 0.471 e. The highest BCUT2D eigenvalue weighted by Gasteiger charge is 2.46. The molecule has 0 unspecified atom stereocenters. The predicted octanol–water partition coefficient (Wildman–Crippen LogP) is 3.94. The molecule has 0 aromatic heterocycles. The SMILES string of the molecule is Cc1cc(Br)cc2c1C(C)(C)CN(C(=O)C(F)(F)F)C2. The number of aryl methyl sites for hydroxylation is 1. The van der Waals surface area contributed by atoms with E-state index in [1.165, 1.54) is 0 Å². The third kappa shape index (κ3) is 2.71. The van der Waals surface area contributed by atoms with Crippen molar-refractivity contribution in [3.8, 4) is 0 Å². The van der Waals surface area contributed by atoms with Crippen LogP contribution in [0.25, 0.3) is 0 Å². The number of carbonyl (C=O) groups is 1. The molecule has 20 heavy (non-hydrogen) atoms. The van der Waals surface area contributed by atoms with Crippen LogP contribution in [0.1, 0.15) is 30.5 Å². The molecule has 0 saturated carbocycles. The summed E-state index contributed by atoms with van der Waals surface area (Å²) in [7, 11) is 0. The highest BCUT2D eigenvalue weighted by atomic mass is 79.9. The lowest BCUT2D eigenvalue weighted by molar-refractivity contribution is -0.187. The summed E-state index contributed by atoms with van der Waals surface area (Å²) in [5, 5.41) is 0. The average molecular weight is 350 g/mol. The lowest BCUT2D eigenvalue weighted by Gasteiger charge is -2.41. The molecule has 0 N–H and O–H groups in total. The second kappa shape index (κ2) is 4.76. The van der Waals surface area contributed by atoms with Gasteiger partial charge in [-0.05, 0) is 35.7 Å². The third-order valence-corrected chi connectivity index (χ3v) is 3.99. The van der Waals surface area contributed by atoms with Crippen molar-refractivity contribution in [3.63, 3.8) is 0 Å². The molecule has 0 atom stereocenters. The molecule has 0 aliphatic carbocycles. The minimum absolute atomic E-state index is 0.00259. The van der Waals surface area contributed by atoms with Gasteiger partial charge in [0.1, 0.15) is 0 Å². The van der Waals surface area contributed by atoms with E-state index in [9.17, 15) is 18.0 Å². The summed E-state index contributed by atoms with van der Waals surface area (Å²) in [5.74, 6) is -1.77. The lowest BCUT2D eigenvalue weighted by Crippen LogP contribution is -2.49. The van der Waals surface area contributed by atoms with Gasteiger partial charge in [0.15, 0.2) is 0 Å². The summed E-state index contributed by atoms with van der Waals surface area (Å²) in [6, 6.07) is 3.74. The largest absolute Gasteiger partial charge is 0.471 e. The number of rotatable bonds is 0. The maximum absolute atomic E-state index is 12.6. The average Bonchev–Trinajstić information content (AvgIpc) is 2.23. The molecule has 0 radical (unpaired) electrons. The Kier molecular flexibility index (Phi) is 3.65. The predicted molar refractivity (Wildman–Crippen MR) is 73.4 cm³/mol. The maximum atomic E-state index is 12.6. The van der Waals surface area contributed by atoms with E-state index in [-0.39, 0.29) is 13.1 Å². The van der Waals surface area contributed by atoms with Gasteiger partial charge in [0, 0.05) is 23.0 Å². The van der Waals surface area contributed by atoms with E-state index >= 15 is 0 Å². The van der Waals surface area contributed by atoms with Crippen molar-refractivity contribution in [2.24, 2.45) is 0 Å². The van der Waals surface area contributed by atoms with Gasteiger partial charge in [-0.25, -0.2) is 0 Å². The number of alkyl halides is 3. The molecule has 0 spiro atoms. The van der Waals surface area contributed by atoms with E-state index in [2.05, 4.69) is 15.9 Å². The van der Waals surface area contributed by atoms with Crippen LogP contribution in [0.5, 0.6) is 0 Å². The van der Waals surface area contributed by atoms with Crippen molar-refractivity contribution in [2.45, 2.75) is 38.9 Å². The lowest BCUT2D eigenvalue weighted by atomic mass is 9.76. The smallest absolute Gasteiger partial charge is 0.330 e. The summed E-state index contributed by atoms with van der Waals surface area (Å²) in [6.45, 7) is 5.73. The number of benzene rings is 1. The summed E-state index contributed by atoms with van der Waals surface area (Å²) in [5.41, 5.74) is 2.33. The van der Waals surface area contributed by atoms with Crippen molar-refractivity contribution in [1.82, 2.24) is 4.90 Å². The molecule has 2 nitrogen and oxygen atoms in total. The second-order valence-electron chi connectivity index (χ2n) is 5.80. The molecule has 2 rings (SSSR count). The molecule has 1 aromatic rings. The summed E-state index contributed by atoms with van der Waals surface area (Å²) >= 11 is 3.35. The second-order valence-corrected chi connectivity index (χ2v) is 6.72. The van der Waals surface area contributed by atoms with Gasteiger partial charge in [-0.2, -0.15) is 13.2 Å². The Balaban J connectivity index is 2.47. The minimum atomic E-state index is -4.82. The Morgan fingerprint density at radius 1 is 1.35 bits per heavy atom. The van der Waals surface area contributed by atoms with Crippen LogP contribution < -0.4 is 0 Å². The highest BCUT2D eigenvalue weighted by molar-refractivity contribution is 9.10. The normalized spacial score (nSPS) is 17.9. The fourth-order valence-electron chi connectivity index (χ4n) is 3.05. The van der Waals surface area contributed by atoms with E-state index in [1.807, 2.05) is 26.8 Å². The van der Waals surface area contributed by atoms with Crippen LogP contribution in [0.2, 0.25) is 0 Å². The molecule has 1 aromatic carbocycles. The Bertz CT molecular complexity index is 566. The van der Waals surface area contributed by atoms with Gasteiger partial charge in [0.25, 0.3) is 0 Å². The van der Waals surface area contributed by atoms with E-state index in [1.54, 1.807) is 6.07 Å². The zero-order valence-electron chi connectivity index (χ0n) is 11.4. The van der Waals surface area contributed by atoms with Crippen LogP contribution in [0, 0.1) is 6.92 Å². The minimum Gasteiger partial charge on any atom is -0.330 e. The fourth-order valence-corrected chi connectivity index (χ4v) is 3.67. The molecular weight excluding hydrogens is 335 g/mol. The van der Waals surface area contributed by atoms with Crippen molar-refractivity contribution >= 4 is 21.8 Å².